The molecule has 0 radical (unpaired) electrons. The van der Waals surface area contributed by atoms with E-state index in [0.29, 0.717) is 16.8 Å². The number of amides is 1. The summed E-state index contributed by atoms with van der Waals surface area (Å²) in [5.74, 6) is -0.860. The molecule has 1 atom stereocenters. The van der Waals surface area contributed by atoms with Gasteiger partial charge in [0.2, 0.25) is 5.91 Å². The minimum absolute atomic E-state index is 0.309. The van der Waals surface area contributed by atoms with Gasteiger partial charge in [-0.1, -0.05) is 12.1 Å². The number of hydrogen-bond donors (Lipinski definition) is 1. The van der Waals surface area contributed by atoms with E-state index in [0.717, 1.165) is 0 Å². The second-order valence-corrected chi connectivity index (χ2v) is 4.61. The maximum Gasteiger partial charge on any atom is 0.420 e. The van der Waals surface area contributed by atoms with Crippen molar-refractivity contribution in [3.05, 3.63) is 59.3 Å². The van der Waals surface area contributed by atoms with Crippen molar-refractivity contribution in [1.82, 2.24) is 9.55 Å². The fraction of sp³-hybridized carbons (Fsp3) is 0.133. The van der Waals surface area contributed by atoms with Gasteiger partial charge >= 0.3 is 5.76 Å². The van der Waals surface area contributed by atoms with Crippen molar-refractivity contribution in [1.29, 1.82) is 0 Å². The van der Waals surface area contributed by atoms with Crippen LogP contribution in [-0.4, -0.2) is 15.5 Å². The van der Waals surface area contributed by atoms with E-state index in [4.69, 9.17) is 4.42 Å². The van der Waals surface area contributed by atoms with Gasteiger partial charge in [-0.3, -0.25) is 14.3 Å². The summed E-state index contributed by atoms with van der Waals surface area (Å²) in [5.41, 5.74) is 1.63. The first-order valence-electron chi connectivity index (χ1n) is 6.48. The van der Waals surface area contributed by atoms with Crippen molar-refractivity contribution in [3.63, 3.8) is 0 Å². The summed E-state index contributed by atoms with van der Waals surface area (Å²) in [7, 11) is 0. The number of hydrogen-bond acceptors (Lipinski definition) is 4. The fourth-order valence-electron chi connectivity index (χ4n) is 2.15. The number of oxazole rings is 1. The van der Waals surface area contributed by atoms with Crippen molar-refractivity contribution >= 4 is 22.7 Å². The Morgan fingerprint density at radius 3 is 2.86 bits per heavy atom. The van der Waals surface area contributed by atoms with Gasteiger partial charge in [0.25, 0.3) is 0 Å². The number of carbonyl (C=O) groups excluding carboxylic acids is 1. The summed E-state index contributed by atoms with van der Waals surface area (Å²) < 4.78 is 6.47. The van der Waals surface area contributed by atoms with Crippen LogP contribution in [0, 0.1) is 0 Å². The number of nitrogens with zero attached hydrogens (tertiary/aromatic N) is 2. The van der Waals surface area contributed by atoms with E-state index < -0.39 is 11.8 Å². The van der Waals surface area contributed by atoms with E-state index in [-0.39, 0.29) is 5.91 Å². The van der Waals surface area contributed by atoms with Crippen LogP contribution in [0.1, 0.15) is 13.0 Å². The highest BCUT2D eigenvalue weighted by atomic mass is 16.4. The molecule has 1 unspecified atom stereocenters. The van der Waals surface area contributed by atoms with Crippen molar-refractivity contribution in [2.75, 3.05) is 5.32 Å². The third kappa shape index (κ3) is 2.43. The van der Waals surface area contributed by atoms with Crippen LogP contribution < -0.4 is 11.1 Å². The molecule has 6 heteroatoms. The van der Waals surface area contributed by atoms with Gasteiger partial charge in [0.05, 0.1) is 17.4 Å². The van der Waals surface area contributed by atoms with Crippen molar-refractivity contribution < 1.29 is 9.21 Å². The quantitative estimate of drug-likeness (QED) is 0.799. The Hall–Kier alpha value is -2.89. The molecule has 1 aromatic carbocycles. The molecule has 0 bridgehead atoms. The monoisotopic (exact) mass is 283 g/mol. The van der Waals surface area contributed by atoms with Crippen LogP contribution in [0.5, 0.6) is 0 Å². The van der Waals surface area contributed by atoms with Crippen molar-refractivity contribution in [2.45, 2.75) is 13.0 Å². The lowest BCUT2D eigenvalue weighted by Gasteiger charge is -2.12. The second-order valence-electron chi connectivity index (χ2n) is 4.61. The number of nitrogens with one attached hydrogen (secondary N) is 1. The lowest BCUT2D eigenvalue weighted by molar-refractivity contribution is -0.118. The van der Waals surface area contributed by atoms with Crippen molar-refractivity contribution in [2.24, 2.45) is 0 Å². The van der Waals surface area contributed by atoms with E-state index >= 15 is 0 Å². The van der Waals surface area contributed by atoms with Crippen molar-refractivity contribution in [3.8, 4) is 0 Å². The summed E-state index contributed by atoms with van der Waals surface area (Å²) >= 11 is 0. The van der Waals surface area contributed by atoms with Gasteiger partial charge in [-0.15, -0.1) is 0 Å². The summed E-state index contributed by atoms with van der Waals surface area (Å²) in [6, 6.07) is 9.76. The van der Waals surface area contributed by atoms with E-state index in [2.05, 4.69) is 10.3 Å². The highest BCUT2D eigenvalue weighted by Crippen LogP contribution is 2.17. The van der Waals surface area contributed by atoms with E-state index in [1.807, 2.05) is 0 Å². The number of pyridine rings is 1. The smallest absolute Gasteiger partial charge is 0.408 e. The Morgan fingerprint density at radius 2 is 2.10 bits per heavy atom. The zero-order chi connectivity index (χ0) is 14.8. The Kier molecular flexibility index (Phi) is 3.27. The summed E-state index contributed by atoms with van der Waals surface area (Å²) in [6.45, 7) is 1.65. The number of rotatable bonds is 3. The largest absolute Gasteiger partial charge is 0.420 e. The predicted octanol–water partition coefficient (Wildman–Crippen LogP) is 2.19. The molecule has 6 nitrogen and oxygen atoms in total. The SMILES string of the molecule is CC(C(=O)Nc1cccnc1)n1c(=O)oc2ccccc21. The number of para-hydroxylation sites is 2. The molecule has 0 aliphatic heterocycles. The number of aromatic nitrogens is 2. The Balaban J connectivity index is 1.93. The first-order chi connectivity index (χ1) is 10.2. The number of anilines is 1. The molecule has 3 aromatic rings. The Morgan fingerprint density at radius 1 is 1.29 bits per heavy atom. The molecule has 3 rings (SSSR count). The Bertz CT molecular complexity index is 836. The van der Waals surface area contributed by atoms with E-state index in [9.17, 15) is 9.59 Å². The highest BCUT2D eigenvalue weighted by molar-refractivity contribution is 5.94. The average Bonchev–Trinajstić information content (AvgIpc) is 2.83. The van der Waals surface area contributed by atoms with Gasteiger partial charge in [0, 0.05) is 6.20 Å². The molecular formula is C15H13N3O3. The first kappa shape index (κ1) is 13.1. The number of carbonyl (C=O) groups is 1. The highest BCUT2D eigenvalue weighted by Gasteiger charge is 2.21. The van der Waals surface area contributed by atoms with E-state index in [1.165, 1.54) is 4.57 Å². The summed E-state index contributed by atoms with van der Waals surface area (Å²) in [5, 5.41) is 2.72. The molecule has 2 aromatic heterocycles. The van der Waals surface area contributed by atoms with Gasteiger partial charge in [-0.25, -0.2) is 4.79 Å². The van der Waals surface area contributed by atoms with Gasteiger partial charge in [0.15, 0.2) is 5.58 Å². The predicted molar refractivity (Wildman–Crippen MR) is 78.1 cm³/mol. The molecule has 0 aliphatic rings. The second kappa shape index (κ2) is 5.24. The van der Waals surface area contributed by atoms with Gasteiger partial charge < -0.3 is 9.73 Å². The summed E-state index contributed by atoms with van der Waals surface area (Å²) in [4.78, 5) is 28.1. The third-order valence-electron chi connectivity index (χ3n) is 3.21. The molecule has 0 aliphatic carbocycles. The summed E-state index contributed by atoms with van der Waals surface area (Å²) in [6.07, 6.45) is 3.16. The molecule has 0 saturated carbocycles. The minimum atomic E-state index is -0.693. The molecule has 1 N–H and O–H groups in total. The number of fused-ring (bicyclic) bond motifs is 1. The zero-order valence-electron chi connectivity index (χ0n) is 11.3. The van der Waals surface area contributed by atoms with Crippen LogP contribution in [0.3, 0.4) is 0 Å². The molecule has 0 spiro atoms. The molecule has 2 heterocycles. The molecule has 0 fully saturated rings. The molecule has 1 amide bonds. The van der Waals surface area contributed by atoms with Crippen LogP contribution in [0.15, 0.2) is 58.0 Å². The lowest BCUT2D eigenvalue weighted by Crippen LogP contribution is -2.29. The maximum absolute atomic E-state index is 12.3. The van der Waals surface area contributed by atoms with Gasteiger partial charge in [-0.05, 0) is 31.2 Å². The van der Waals surface area contributed by atoms with Gasteiger partial charge in [0.1, 0.15) is 6.04 Å². The standard InChI is InChI=1S/C15H13N3O3/c1-10(14(19)17-11-5-4-8-16-9-11)18-12-6-2-3-7-13(12)21-15(18)20/h2-10H,1H3,(H,17,19). The molecule has 106 valence electrons. The molecule has 0 saturated heterocycles. The third-order valence-corrected chi connectivity index (χ3v) is 3.21. The van der Waals surface area contributed by atoms with Crippen LogP contribution in [0.4, 0.5) is 5.69 Å². The van der Waals surface area contributed by atoms with Crippen LogP contribution in [0.2, 0.25) is 0 Å². The normalized spacial score (nSPS) is 12.2. The van der Waals surface area contributed by atoms with Crippen LogP contribution >= 0.6 is 0 Å². The Labute approximate surface area is 120 Å². The minimum Gasteiger partial charge on any atom is -0.408 e. The first-order valence-corrected chi connectivity index (χ1v) is 6.48. The molecule has 21 heavy (non-hydrogen) atoms. The topological polar surface area (TPSA) is 77.1 Å². The van der Waals surface area contributed by atoms with Gasteiger partial charge in [-0.2, -0.15) is 0 Å². The van der Waals surface area contributed by atoms with Crippen LogP contribution in [-0.2, 0) is 4.79 Å². The van der Waals surface area contributed by atoms with E-state index in [1.54, 1.807) is 55.7 Å². The maximum atomic E-state index is 12.3. The fourth-order valence-corrected chi connectivity index (χ4v) is 2.15. The van der Waals surface area contributed by atoms with Crippen LogP contribution in [0.25, 0.3) is 11.1 Å². The molecular weight excluding hydrogens is 270 g/mol. The average molecular weight is 283 g/mol. The number of benzene rings is 1. The lowest BCUT2D eigenvalue weighted by atomic mass is 10.2. The zero-order valence-corrected chi connectivity index (χ0v) is 11.3.